The highest BCUT2D eigenvalue weighted by Crippen LogP contribution is 2.29. The van der Waals surface area contributed by atoms with E-state index in [1.165, 1.54) is 4.80 Å². The quantitative estimate of drug-likeness (QED) is 0.743. The Kier molecular flexibility index (Phi) is 4.62. The molecule has 0 fully saturated rings. The van der Waals surface area contributed by atoms with Gasteiger partial charge in [0, 0.05) is 11.6 Å². The summed E-state index contributed by atoms with van der Waals surface area (Å²) in [5.74, 6) is -1.70. The normalized spacial score (nSPS) is 10.7. The lowest BCUT2D eigenvalue weighted by Gasteiger charge is -2.08. The fourth-order valence-electron chi connectivity index (χ4n) is 2.19. The Hall–Kier alpha value is -3.00. The molecular formula is C16H13ClFN5O2. The maximum Gasteiger partial charge on any atom is 0.254 e. The highest BCUT2D eigenvalue weighted by molar-refractivity contribution is 6.30. The van der Waals surface area contributed by atoms with Crippen molar-refractivity contribution in [1.82, 2.24) is 25.5 Å². The molecule has 1 amide bonds. The van der Waals surface area contributed by atoms with E-state index in [0.29, 0.717) is 5.02 Å². The Balaban J connectivity index is 1.78. The van der Waals surface area contributed by atoms with Crippen LogP contribution in [0.1, 0.15) is 15.9 Å². The van der Waals surface area contributed by atoms with Gasteiger partial charge in [0.25, 0.3) is 5.91 Å². The molecule has 0 aliphatic heterocycles. The molecule has 0 aliphatic carbocycles. The van der Waals surface area contributed by atoms with Crippen LogP contribution in [0.2, 0.25) is 5.02 Å². The number of phenolic OH excluding ortho intramolecular Hbond substituents is 1. The summed E-state index contributed by atoms with van der Waals surface area (Å²) in [6, 6.07) is 8.93. The van der Waals surface area contributed by atoms with Gasteiger partial charge in [-0.25, -0.2) is 4.39 Å². The Morgan fingerprint density at radius 3 is 2.68 bits per heavy atom. The zero-order valence-electron chi connectivity index (χ0n) is 13.1. The largest absolute Gasteiger partial charge is 0.507 e. The van der Waals surface area contributed by atoms with Gasteiger partial charge in [-0.05, 0) is 35.0 Å². The third kappa shape index (κ3) is 3.74. The Bertz CT molecular complexity index is 927. The lowest BCUT2D eigenvalue weighted by molar-refractivity contribution is 0.0946. The van der Waals surface area contributed by atoms with Crippen LogP contribution in [0.15, 0.2) is 36.4 Å². The molecule has 3 aromatic rings. The van der Waals surface area contributed by atoms with Crippen LogP contribution in [0, 0.1) is 5.82 Å². The predicted octanol–water partition coefficient (Wildman–Crippen LogP) is 2.31. The van der Waals surface area contributed by atoms with Gasteiger partial charge in [-0.3, -0.25) is 4.79 Å². The van der Waals surface area contributed by atoms with E-state index in [-0.39, 0.29) is 29.2 Å². The fourth-order valence-corrected chi connectivity index (χ4v) is 2.31. The zero-order valence-corrected chi connectivity index (χ0v) is 13.8. The molecule has 0 saturated heterocycles. The van der Waals surface area contributed by atoms with Crippen LogP contribution in [0.25, 0.3) is 11.4 Å². The molecule has 0 aliphatic rings. The van der Waals surface area contributed by atoms with Gasteiger partial charge >= 0.3 is 0 Å². The standard InChI is InChI=1S/C16H13ClFN5O2/c1-23-21-15(20-22-23)12-6-13(18)11(7-14(12)24)16(25)19-8-9-2-4-10(17)5-3-9/h2-7,24H,8H2,1H3,(H,19,25). The van der Waals surface area contributed by atoms with Gasteiger partial charge in [-0.15, -0.1) is 10.2 Å². The number of carbonyl (C=O) groups is 1. The van der Waals surface area contributed by atoms with Crippen molar-refractivity contribution < 1.29 is 14.3 Å². The number of aromatic hydroxyl groups is 1. The highest BCUT2D eigenvalue weighted by atomic mass is 35.5. The molecule has 3 rings (SSSR count). The Morgan fingerprint density at radius 2 is 2.04 bits per heavy atom. The molecule has 7 nitrogen and oxygen atoms in total. The molecule has 0 radical (unpaired) electrons. The molecule has 2 N–H and O–H groups in total. The van der Waals surface area contributed by atoms with Crippen LogP contribution < -0.4 is 5.32 Å². The smallest absolute Gasteiger partial charge is 0.254 e. The number of halogens is 2. The zero-order chi connectivity index (χ0) is 18.0. The molecular weight excluding hydrogens is 349 g/mol. The summed E-state index contributed by atoms with van der Waals surface area (Å²) in [5, 5.41) is 24.5. The molecule has 0 unspecified atom stereocenters. The third-order valence-corrected chi connectivity index (χ3v) is 3.70. The molecule has 0 saturated carbocycles. The molecule has 128 valence electrons. The summed E-state index contributed by atoms with van der Waals surface area (Å²) in [6.07, 6.45) is 0. The summed E-state index contributed by atoms with van der Waals surface area (Å²) in [7, 11) is 1.54. The fraction of sp³-hybridized carbons (Fsp3) is 0.125. The van der Waals surface area contributed by atoms with Crippen LogP contribution in [0.4, 0.5) is 4.39 Å². The number of aromatic nitrogens is 4. The van der Waals surface area contributed by atoms with Crippen molar-refractivity contribution >= 4 is 17.5 Å². The molecule has 25 heavy (non-hydrogen) atoms. The van der Waals surface area contributed by atoms with Gasteiger partial charge in [0.2, 0.25) is 5.82 Å². The Morgan fingerprint density at radius 1 is 1.32 bits per heavy atom. The van der Waals surface area contributed by atoms with E-state index in [0.717, 1.165) is 17.7 Å². The van der Waals surface area contributed by atoms with Crippen LogP contribution >= 0.6 is 11.6 Å². The average molecular weight is 362 g/mol. The van der Waals surface area contributed by atoms with E-state index in [1.54, 1.807) is 31.3 Å². The molecule has 2 aromatic carbocycles. The summed E-state index contributed by atoms with van der Waals surface area (Å²) < 4.78 is 14.3. The van der Waals surface area contributed by atoms with Crippen LogP contribution in [0.5, 0.6) is 5.75 Å². The first-order chi connectivity index (χ1) is 11.9. The van der Waals surface area contributed by atoms with Gasteiger partial charge in [-0.1, -0.05) is 23.7 Å². The van der Waals surface area contributed by atoms with E-state index in [1.807, 2.05) is 0 Å². The number of amides is 1. The summed E-state index contributed by atoms with van der Waals surface area (Å²) >= 11 is 5.79. The minimum Gasteiger partial charge on any atom is -0.507 e. The second-order valence-corrected chi connectivity index (χ2v) is 5.70. The molecule has 0 spiro atoms. The summed E-state index contributed by atoms with van der Waals surface area (Å²) in [4.78, 5) is 13.4. The van der Waals surface area contributed by atoms with E-state index in [2.05, 4.69) is 20.7 Å². The van der Waals surface area contributed by atoms with E-state index < -0.39 is 11.7 Å². The molecule has 0 atom stereocenters. The first-order valence-corrected chi connectivity index (χ1v) is 7.61. The average Bonchev–Trinajstić information content (AvgIpc) is 3.02. The van der Waals surface area contributed by atoms with E-state index in [4.69, 9.17) is 11.6 Å². The van der Waals surface area contributed by atoms with E-state index in [9.17, 15) is 14.3 Å². The number of nitrogens with one attached hydrogen (secondary N) is 1. The number of phenols is 1. The SMILES string of the molecule is Cn1nnc(-c2cc(F)c(C(=O)NCc3ccc(Cl)cc3)cc2O)n1. The maximum absolute atomic E-state index is 14.3. The topological polar surface area (TPSA) is 92.9 Å². The van der Waals surface area contributed by atoms with Crippen LogP contribution in [0.3, 0.4) is 0 Å². The third-order valence-electron chi connectivity index (χ3n) is 3.45. The molecule has 1 aromatic heterocycles. The van der Waals surface area contributed by atoms with Crippen LogP contribution in [-0.4, -0.2) is 31.2 Å². The van der Waals surface area contributed by atoms with Crippen molar-refractivity contribution in [3.8, 4) is 17.1 Å². The van der Waals surface area contributed by atoms with E-state index >= 15 is 0 Å². The minimum atomic E-state index is -0.797. The number of hydrogen-bond donors (Lipinski definition) is 2. The van der Waals surface area contributed by atoms with Crippen molar-refractivity contribution in [1.29, 1.82) is 0 Å². The van der Waals surface area contributed by atoms with Gasteiger partial charge in [0.1, 0.15) is 11.6 Å². The van der Waals surface area contributed by atoms with Gasteiger partial charge < -0.3 is 10.4 Å². The second-order valence-electron chi connectivity index (χ2n) is 5.26. The second kappa shape index (κ2) is 6.86. The number of tetrazole rings is 1. The lowest BCUT2D eigenvalue weighted by Crippen LogP contribution is -2.23. The number of aryl methyl sites for hydroxylation is 1. The predicted molar refractivity (Wildman–Crippen MR) is 88.5 cm³/mol. The molecule has 0 bridgehead atoms. The van der Waals surface area contributed by atoms with Gasteiger partial charge in [0.15, 0.2) is 0 Å². The van der Waals surface area contributed by atoms with Crippen molar-refractivity contribution in [2.75, 3.05) is 0 Å². The molecule has 9 heteroatoms. The minimum absolute atomic E-state index is 0.0554. The number of hydrogen-bond acceptors (Lipinski definition) is 5. The van der Waals surface area contributed by atoms with Crippen molar-refractivity contribution in [2.45, 2.75) is 6.54 Å². The summed E-state index contributed by atoms with van der Waals surface area (Å²) in [6.45, 7) is 0.198. The number of rotatable bonds is 4. The van der Waals surface area contributed by atoms with Crippen molar-refractivity contribution in [2.24, 2.45) is 7.05 Å². The maximum atomic E-state index is 14.3. The van der Waals surface area contributed by atoms with Crippen molar-refractivity contribution in [3.63, 3.8) is 0 Å². The van der Waals surface area contributed by atoms with Gasteiger partial charge in [-0.2, -0.15) is 4.80 Å². The first kappa shape index (κ1) is 16.8. The summed E-state index contributed by atoms with van der Waals surface area (Å²) in [5.41, 5.74) is 0.585. The lowest BCUT2D eigenvalue weighted by atomic mass is 10.1. The first-order valence-electron chi connectivity index (χ1n) is 7.23. The Labute approximate surface area is 147 Å². The van der Waals surface area contributed by atoms with Crippen LogP contribution in [-0.2, 0) is 13.6 Å². The van der Waals surface area contributed by atoms with Gasteiger partial charge in [0.05, 0.1) is 18.2 Å². The number of benzene rings is 2. The molecule has 1 heterocycles. The highest BCUT2D eigenvalue weighted by Gasteiger charge is 2.18. The monoisotopic (exact) mass is 361 g/mol. The van der Waals surface area contributed by atoms with Crippen molar-refractivity contribution in [3.05, 3.63) is 58.4 Å². The number of carbonyl (C=O) groups excluding carboxylic acids is 1. The number of nitrogens with zero attached hydrogens (tertiary/aromatic N) is 4.